The number of carbonyl (C=O) groups is 1. The molecule has 2 aromatic heterocycles. The Hall–Kier alpha value is -3.20. The molecule has 0 saturated heterocycles. The van der Waals surface area contributed by atoms with Crippen molar-refractivity contribution in [2.45, 2.75) is 20.1 Å². The fourth-order valence-electron chi connectivity index (χ4n) is 2.91. The summed E-state index contributed by atoms with van der Waals surface area (Å²) in [5.74, 6) is -1.10. The number of aromatic nitrogens is 3. The molecule has 0 bridgehead atoms. The Balaban J connectivity index is 1.56. The number of fused-ring (bicyclic) bond motifs is 1. The molecule has 0 unspecified atom stereocenters. The zero-order chi connectivity index (χ0) is 20.5. The minimum Gasteiger partial charge on any atom is -0.453 e. The molecule has 0 amide bonds. The first-order chi connectivity index (χ1) is 13.9. The van der Waals surface area contributed by atoms with Crippen LogP contribution < -0.4 is 0 Å². The number of esters is 1. The van der Waals surface area contributed by atoms with Gasteiger partial charge in [-0.25, -0.2) is 19.2 Å². The normalized spacial score (nSPS) is 11.3. The van der Waals surface area contributed by atoms with Gasteiger partial charge < -0.3 is 4.74 Å². The van der Waals surface area contributed by atoms with E-state index in [4.69, 9.17) is 4.74 Å². The number of halogens is 3. The second kappa shape index (κ2) is 7.67. The van der Waals surface area contributed by atoms with Crippen molar-refractivity contribution in [2.24, 2.45) is 0 Å². The summed E-state index contributed by atoms with van der Waals surface area (Å²) < 4.78 is 46.0. The molecule has 0 radical (unpaired) electrons. The number of alkyl halides is 2. The van der Waals surface area contributed by atoms with Crippen molar-refractivity contribution in [3.05, 3.63) is 70.7 Å². The SMILES string of the molecule is Cc1nc(-c2ccc(F)cc2)sc1C(=O)OCc1nc2ccccc2n1C(F)F. The van der Waals surface area contributed by atoms with Gasteiger partial charge in [0.25, 0.3) is 0 Å². The average Bonchev–Trinajstić information content (AvgIpc) is 3.27. The van der Waals surface area contributed by atoms with E-state index in [9.17, 15) is 18.0 Å². The second-order valence-corrected chi connectivity index (χ2v) is 7.18. The highest BCUT2D eigenvalue weighted by Crippen LogP contribution is 2.29. The molecule has 2 heterocycles. The Labute approximate surface area is 167 Å². The molecule has 148 valence electrons. The molecule has 0 aliphatic carbocycles. The van der Waals surface area contributed by atoms with E-state index in [-0.39, 0.29) is 22.0 Å². The Bertz CT molecular complexity index is 1190. The molecule has 0 aliphatic rings. The molecule has 0 N–H and O–H groups in total. The van der Waals surface area contributed by atoms with Gasteiger partial charge in [0.2, 0.25) is 0 Å². The maximum Gasteiger partial charge on any atom is 0.350 e. The molecule has 0 aliphatic heterocycles. The van der Waals surface area contributed by atoms with Crippen LogP contribution in [0.15, 0.2) is 48.5 Å². The first-order valence-corrected chi connectivity index (χ1v) is 9.40. The standard InChI is InChI=1S/C20H14F3N3O2S/c1-11-17(29-18(24-11)12-6-8-13(21)9-7-12)19(27)28-10-16-25-14-4-2-3-5-15(14)26(16)20(22)23/h2-9,20H,10H2,1H3. The zero-order valence-corrected chi connectivity index (χ0v) is 15.9. The number of carbonyl (C=O) groups excluding carboxylic acids is 1. The van der Waals surface area contributed by atoms with Crippen molar-refractivity contribution < 1.29 is 22.7 Å². The monoisotopic (exact) mass is 417 g/mol. The number of benzene rings is 2. The third-order valence-corrected chi connectivity index (χ3v) is 5.46. The van der Waals surface area contributed by atoms with Gasteiger partial charge in [-0.2, -0.15) is 8.78 Å². The van der Waals surface area contributed by atoms with Crippen LogP contribution in [-0.2, 0) is 11.3 Å². The van der Waals surface area contributed by atoms with Crippen molar-refractivity contribution in [1.82, 2.24) is 14.5 Å². The third-order valence-electron chi connectivity index (χ3n) is 4.27. The third kappa shape index (κ3) is 3.73. The van der Waals surface area contributed by atoms with E-state index in [0.29, 0.717) is 21.8 Å². The number of rotatable bonds is 5. The number of aryl methyl sites for hydroxylation is 1. The molecule has 0 atom stereocenters. The first-order valence-electron chi connectivity index (χ1n) is 8.58. The van der Waals surface area contributed by atoms with E-state index in [1.807, 2.05) is 0 Å². The van der Waals surface area contributed by atoms with Gasteiger partial charge in [-0.05, 0) is 43.3 Å². The van der Waals surface area contributed by atoms with Crippen molar-refractivity contribution in [2.75, 3.05) is 0 Å². The summed E-state index contributed by atoms with van der Waals surface area (Å²) in [6.07, 6.45) is 0. The van der Waals surface area contributed by atoms with Gasteiger partial charge in [0, 0.05) is 5.56 Å². The molecule has 0 spiro atoms. The highest BCUT2D eigenvalue weighted by molar-refractivity contribution is 7.17. The summed E-state index contributed by atoms with van der Waals surface area (Å²) in [4.78, 5) is 21.2. The number of nitrogens with zero attached hydrogens (tertiary/aromatic N) is 3. The van der Waals surface area contributed by atoms with E-state index in [0.717, 1.165) is 15.9 Å². The van der Waals surface area contributed by atoms with E-state index in [1.54, 1.807) is 37.3 Å². The maximum atomic E-state index is 13.5. The van der Waals surface area contributed by atoms with Crippen LogP contribution >= 0.6 is 11.3 Å². The smallest absolute Gasteiger partial charge is 0.350 e. The molecule has 4 aromatic rings. The summed E-state index contributed by atoms with van der Waals surface area (Å²) in [5.41, 5.74) is 1.77. The quantitative estimate of drug-likeness (QED) is 0.410. The molecule has 9 heteroatoms. The van der Waals surface area contributed by atoms with Crippen molar-refractivity contribution in [1.29, 1.82) is 0 Å². The lowest BCUT2D eigenvalue weighted by molar-refractivity contribution is 0.0391. The van der Waals surface area contributed by atoms with Gasteiger partial charge in [0.1, 0.15) is 22.3 Å². The van der Waals surface area contributed by atoms with Gasteiger partial charge in [0.05, 0.1) is 16.7 Å². The van der Waals surface area contributed by atoms with Gasteiger partial charge in [-0.15, -0.1) is 11.3 Å². The Kier molecular flexibility index (Phi) is 5.06. The van der Waals surface area contributed by atoms with E-state index < -0.39 is 19.1 Å². The fourth-order valence-corrected chi connectivity index (χ4v) is 3.88. The highest BCUT2D eigenvalue weighted by atomic mass is 32.1. The van der Waals surface area contributed by atoms with Gasteiger partial charge in [-0.1, -0.05) is 12.1 Å². The van der Waals surface area contributed by atoms with Crippen LogP contribution in [0.25, 0.3) is 21.6 Å². The number of hydrogen-bond acceptors (Lipinski definition) is 5. The number of thiazole rings is 1. The zero-order valence-electron chi connectivity index (χ0n) is 15.1. The molecule has 2 aromatic carbocycles. The van der Waals surface area contributed by atoms with E-state index >= 15 is 0 Å². The minimum absolute atomic E-state index is 0.0459. The average molecular weight is 417 g/mol. The molecular formula is C20H14F3N3O2S. The largest absolute Gasteiger partial charge is 0.453 e. The Morgan fingerprint density at radius 3 is 2.59 bits per heavy atom. The second-order valence-electron chi connectivity index (χ2n) is 6.18. The number of imidazole rings is 1. The van der Waals surface area contributed by atoms with E-state index in [1.165, 1.54) is 18.2 Å². The molecule has 5 nitrogen and oxygen atoms in total. The van der Waals surface area contributed by atoms with Crippen LogP contribution in [0.3, 0.4) is 0 Å². The van der Waals surface area contributed by atoms with Gasteiger partial charge in [0.15, 0.2) is 5.82 Å². The van der Waals surface area contributed by atoms with Crippen LogP contribution in [0, 0.1) is 12.7 Å². The lowest BCUT2D eigenvalue weighted by Crippen LogP contribution is -2.10. The Morgan fingerprint density at radius 1 is 1.14 bits per heavy atom. The van der Waals surface area contributed by atoms with Gasteiger partial charge in [-0.3, -0.25) is 4.57 Å². The molecule has 4 rings (SSSR count). The maximum absolute atomic E-state index is 13.5. The topological polar surface area (TPSA) is 57.0 Å². The predicted molar refractivity (Wildman–Crippen MR) is 102 cm³/mol. The lowest BCUT2D eigenvalue weighted by Gasteiger charge is -2.08. The minimum atomic E-state index is -2.81. The summed E-state index contributed by atoms with van der Waals surface area (Å²) in [6.45, 7) is -1.57. The van der Waals surface area contributed by atoms with Crippen molar-refractivity contribution >= 4 is 28.3 Å². The molecule has 29 heavy (non-hydrogen) atoms. The summed E-state index contributed by atoms with van der Waals surface area (Å²) in [6, 6.07) is 12.2. The van der Waals surface area contributed by atoms with Crippen LogP contribution in [0.4, 0.5) is 13.2 Å². The molecule has 0 saturated carbocycles. The summed E-state index contributed by atoms with van der Waals surface area (Å²) >= 11 is 1.09. The number of hydrogen-bond donors (Lipinski definition) is 0. The predicted octanol–water partition coefficient (Wildman–Crippen LogP) is 5.36. The van der Waals surface area contributed by atoms with Crippen molar-refractivity contribution in [3.8, 4) is 10.6 Å². The number of para-hydroxylation sites is 2. The van der Waals surface area contributed by atoms with Crippen LogP contribution in [0.5, 0.6) is 0 Å². The lowest BCUT2D eigenvalue weighted by atomic mass is 10.2. The Morgan fingerprint density at radius 2 is 1.86 bits per heavy atom. The van der Waals surface area contributed by atoms with Gasteiger partial charge >= 0.3 is 12.5 Å². The van der Waals surface area contributed by atoms with Crippen LogP contribution in [0.1, 0.15) is 27.7 Å². The summed E-state index contributed by atoms with van der Waals surface area (Å²) in [5, 5.41) is 0.536. The first kappa shape index (κ1) is 19.1. The highest BCUT2D eigenvalue weighted by Gasteiger charge is 2.21. The fraction of sp³-hybridized carbons (Fsp3) is 0.150. The molecular weight excluding hydrogens is 403 g/mol. The molecule has 0 fully saturated rings. The van der Waals surface area contributed by atoms with Crippen LogP contribution in [0.2, 0.25) is 0 Å². The van der Waals surface area contributed by atoms with E-state index in [2.05, 4.69) is 9.97 Å². The summed E-state index contributed by atoms with van der Waals surface area (Å²) in [7, 11) is 0. The number of ether oxygens (including phenoxy) is 1. The van der Waals surface area contributed by atoms with Crippen molar-refractivity contribution in [3.63, 3.8) is 0 Å². The van der Waals surface area contributed by atoms with Crippen LogP contribution in [-0.4, -0.2) is 20.5 Å².